The van der Waals surface area contributed by atoms with Gasteiger partial charge >= 0.3 is 0 Å². The molecular formula is C8H18O3. The second kappa shape index (κ2) is 6.58. The van der Waals surface area contributed by atoms with Crippen molar-refractivity contribution in [3.8, 4) is 0 Å². The van der Waals surface area contributed by atoms with Crippen molar-refractivity contribution >= 4 is 0 Å². The van der Waals surface area contributed by atoms with Gasteiger partial charge < -0.3 is 14.9 Å². The van der Waals surface area contributed by atoms with E-state index >= 15 is 0 Å². The number of hydrogen-bond acceptors (Lipinski definition) is 3. The van der Waals surface area contributed by atoms with E-state index in [1.165, 1.54) is 0 Å². The third-order valence-corrected chi connectivity index (χ3v) is 1.95. The molecule has 0 fully saturated rings. The predicted octanol–water partition coefficient (Wildman–Crippen LogP) is 1.10. The molecule has 0 aliphatic carbocycles. The van der Waals surface area contributed by atoms with Crippen molar-refractivity contribution in [2.24, 2.45) is 5.92 Å². The largest absolute Gasteiger partial charge is 0.346 e. The second-order valence-corrected chi connectivity index (χ2v) is 2.67. The van der Waals surface area contributed by atoms with E-state index in [1.807, 2.05) is 0 Å². The van der Waals surface area contributed by atoms with Crippen LogP contribution in [0.4, 0.5) is 0 Å². The Labute approximate surface area is 68.0 Å². The fourth-order valence-corrected chi connectivity index (χ4v) is 1.04. The quantitative estimate of drug-likeness (QED) is 0.575. The van der Waals surface area contributed by atoms with Crippen molar-refractivity contribution in [1.29, 1.82) is 0 Å². The van der Waals surface area contributed by atoms with Gasteiger partial charge in [-0.1, -0.05) is 26.7 Å². The maximum absolute atomic E-state index is 8.34. The average Bonchev–Trinajstić information content (AvgIpc) is 1.98. The van der Waals surface area contributed by atoms with Crippen LogP contribution in [0.5, 0.6) is 0 Å². The fraction of sp³-hybridized carbons (Fsp3) is 1.00. The van der Waals surface area contributed by atoms with Crippen LogP contribution in [0.25, 0.3) is 0 Å². The first-order chi connectivity index (χ1) is 5.20. The molecule has 0 radical (unpaired) electrons. The lowest BCUT2D eigenvalue weighted by Crippen LogP contribution is -2.13. The molecule has 11 heavy (non-hydrogen) atoms. The Kier molecular flexibility index (Phi) is 6.51. The van der Waals surface area contributed by atoms with Crippen LogP contribution in [0.3, 0.4) is 0 Å². The number of rotatable bonds is 6. The Hall–Kier alpha value is -0.120. The van der Waals surface area contributed by atoms with Crippen molar-refractivity contribution < 1.29 is 14.9 Å². The Balaban J connectivity index is 3.21. The summed E-state index contributed by atoms with van der Waals surface area (Å²) in [6, 6.07) is 0. The first kappa shape index (κ1) is 10.9. The summed E-state index contributed by atoms with van der Waals surface area (Å²) in [5.74, 6) is 0.647. The minimum absolute atomic E-state index is 0.435. The number of hydrogen-bond donors (Lipinski definition) is 2. The molecule has 0 heterocycles. The number of aliphatic hydroxyl groups excluding tert-OH is 1. The molecule has 3 heteroatoms. The lowest BCUT2D eigenvalue weighted by molar-refractivity contribution is -0.235. The molecule has 0 spiro atoms. The molecule has 0 atom stereocenters. The van der Waals surface area contributed by atoms with Gasteiger partial charge in [0.2, 0.25) is 0 Å². The van der Waals surface area contributed by atoms with Crippen LogP contribution in [-0.2, 0) is 4.74 Å². The van der Waals surface area contributed by atoms with Gasteiger partial charge in [-0.3, -0.25) is 0 Å². The SMILES string of the molecule is CCC(CC)CCOC(O)O. The lowest BCUT2D eigenvalue weighted by Gasteiger charge is -2.12. The smallest absolute Gasteiger partial charge is 0.266 e. The summed E-state index contributed by atoms with van der Waals surface area (Å²) in [6.07, 6.45) is 3.16. The number of aliphatic hydroxyl groups is 2. The molecule has 0 aliphatic rings. The first-order valence-corrected chi connectivity index (χ1v) is 4.18. The Morgan fingerprint density at radius 1 is 1.18 bits per heavy atom. The summed E-state index contributed by atoms with van der Waals surface area (Å²) in [5, 5.41) is 16.7. The van der Waals surface area contributed by atoms with Crippen LogP contribution in [0.15, 0.2) is 0 Å². The van der Waals surface area contributed by atoms with Gasteiger partial charge in [0.25, 0.3) is 6.48 Å². The highest BCUT2D eigenvalue weighted by molar-refractivity contribution is 4.52. The van der Waals surface area contributed by atoms with Gasteiger partial charge in [-0.25, -0.2) is 0 Å². The van der Waals surface area contributed by atoms with E-state index < -0.39 is 6.48 Å². The zero-order valence-electron chi connectivity index (χ0n) is 7.29. The first-order valence-electron chi connectivity index (χ1n) is 4.18. The van der Waals surface area contributed by atoms with Gasteiger partial charge in [-0.2, -0.15) is 0 Å². The van der Waals surface area contributed by atoms with Gasteiger partial charge in [0.05, 0.1) is 6.61 Å². The molecule has 0 saturated heterocycles. The molecule has 0 aliphatic heterocycles. The van der Waals surface area contributed by atoms with Gasteiger partial charge in [-0.15, -0.1) is 0 Å². The fourth-order valence-electron chi connectivity index (χ4n) is 1.04. The molecule has 68 valence electrons. The van der Waals surface area contributed by atoms with Crippen LogP contribution in [0, 0.1) is 5.92 Å². The van der Waals surface area contributed by atoms with Crippen molar-refractivity contribution in [2.45, 2.75) is 39.6 Å². The number of ether oxygens (including phenoxy) is 1. The van der Waals surface area contributed by atoms with E-state index in [-0.39, 0.29) is 0 Å². The van der Waals surface area contributed by atoms with E-state index in [0.29, 0.717) is 12.5 Å². The second-order valence-electron chi connectivity index (χ2n) is 2.67. The zero-order chi connectivity index (χ0) is 8.69. The third-order valence-electron chi connectivity index (χ3n) is 1.95. The molecule has 2 N–H and O–H groups in total. The highest BCUT2D eigenvalue weighted by atomic mass is 16.7. The molecule has 0 bridgehead atoms. The summed E-state index contributed by atoms with van der Waals surface area (Å²) < 4.78 is 4.59. The average molecular weight is 162 g/mol. The minimum atomic E-state index is -1.61. The predicted molar refractivity (Wildman–Crippen MR) is 42.9 cm³/mol. The summed E-state index contributed by atoms with van der Waals surface area (Å²) in [5.41, 5.74) is 0. The van der Waals surface area contributed by atoms with Crippen molar-refractivity contribution in [1.82, 2.24) is 0 Å². The third kappa shape index (κ3) is 6.28. The van der Waals surface area contributed by atoms with Crippen LogP contribution in [0.1, 0.15) is 33.1 Å². The van der Waals surface area contributed by atoms with Crippen LogP contribution in [0.2, 0.25) is 0 Å². The maximum Gasteiger partial charge on any atom is 0.266 e. The Morgan fingerprint density at radius 2 is 1.73 bits per heavy atom. The Morgan fingerprint density at radius 3 is 2.09 bits per heavy atom. The Bertz CT molecular complexity index is 79.4. The van der Waals surface area contributed by atoms with Crippen LogP contribution >= 0.6 is 0 Å². The molecule has 0 amide bonds. The monoisotopic (exact) mass is 162 g/mol. The maximum atomic E-state index is 8.34. The molecule has 0 unspecified atom stereocenters. The van der Waals surface area contributed by atoms with Crippen molar-refractivity contribution in [2.75, 3.05) is 6.61 Å². The summed E-state index contributed by atoms with van der Waals surface area (Å²) in [6.45, 7) is 3.08. The van der Waals surface area contributed by atoms with Crippen molar-refractivity contribution in [3.05, 3.63) is 0 Å². The van der Waals surface area contributed by atoms with E-state index in [0.717, 1.165) is 19.3 Å². The highest BCUT2D eigenvalue weighted by Gasteiger charge is 2.04. The van der Waals surface area contributed by atoms with Crippen LogP contribution < -0.4 is 0 Å². The lowest BCUT2D eigenvalue weighted by atomic mass is 10.0. The summed E-state index contributed by atoms with van der Waals surface area (Å²) in [4.78, 5) is 0. The van der Waals surface area contributed by atoms with Gasteiger partial charge in [0.1, 0.15) is 0 Å². The highest BCUT2D eigenvalue weighted by Crippen LogP contribution is 2.11. The van der Waals surface area contributed by atoms with E-state index in [2.05, 4.69) is 18.6 Å². The molecule has 0 aromatic carbocycles. The molecule has 0 rings (SSSR count). The van der Waals surface area contributed by atoms with Gasteiger partial charge in [0, 0.05) is 0 Å². The molecule has 0 aromatic rings. The van der Waals surface area contributed by atoms with E-state index in [9.17, 15) is 0 Å². The summed E-state index contributed by atoms with van der Waals surface area (Å²) >= 11 is 0. The zero-order valence-corrected chi connectivity index (χ0v) is 7.29. The van der Waals surface area contributed by atoms with Crippen LogP contribution in [-0.4, -0.2) is 23.3 Å². The normalized spacial score (nSPS) is 11.5. The van der Waals surface area contributed by atoms with E-state index in [1.54, 1.807) is 0 Å². The van der Waals surface area contributed by atoms with E-state index in [4.69, 9.17) is 10.2 Å². The molecule has 3 nitrogen and oxygen atoms in total. The summed E-state index contributed by atoms with van der Waals surface area (Å²) in [7, 11) is 0. The van der Waals surface area contributed by atoms with Gasteiger partial charge in [0.15, 0.2) is 0 Å². The molecule has 0 aromatic heterocycles. The standard InChI is InChI=1S/C8H18O3/c1-3-7(4-2)5-6-11-8(9)10/h7-10H,3-6H2,1-2H3. The minimum Gasteiger partial charge on any atom is -0.346 e. The molecule has 0 saturated carbocycles. The van der Waals surface area contributed by atoms with Gasteiger partial charge in [-0.05, 0) is 12.3 Å². The molecular weight excluding hydrogens is 144 g/mol. The topological polar surface area (TPSA) is 49.7 Å². The van der Waals surface area contributed by atoms with Crippen molar-refractivity contribution in [3.63, 3.8) is 0 Å².